The largest absolute Gasteiger partial charge is 0.335 e. The molecule has 0 aromatic carbocycles. The van der Waals surface area contributed by atoms with Crippen molar-refractivity contribution in [1.82, 2.24) is 15.5 Å². The van der Waals surface area contributed by atoms with Gasteiger partial charge in [-0.1, -0.05) is 6.92 Å². The molecule has 0 aromatic heterocycles. The van der Waals surface area contributed by atoms with Crippen LogP contribution in [0.4, 0.5) is 0 Å². The summed E-state index contributed by atoms with van der Waals surface area (Å²) in [7, 11) is 1.60. The summed E-state index contributed by atoms with van der Waals surface area (Å²) in [5.41, 5.74) is 0. The van der Waals surface area contributed by atoms with Gasteiger partial charge in [0.25, 0.3) is 0 Å². The van der Waals surface area contributed by atoms with E-state index >= 15 is 0 Å². The van der Waals surface area contributed by atoms with Crippen molar-refractivity contribution in [3.05, 3.63) is 4.91 Å². The maximum atomic E-state index is 12.2. The van der Waals surface area contributed by atoms with E-state index in [-0.39, 0.29) is 31.1 Å². The van der Waals surface area contributed by atoms with Gasteiger partial charge in [0.2, 0.25) is 11.8 Å². The Morgan fingerprint density at radius 3 is 2.63 bits per heavy atom. The van der Waals surface area contributed by atoms with Crippen LogP contribution in [0.3, 0.4) is 0 Å². The molecule has 2 amide bonds. The summed E-state index contributed by atoms with van der Waals surface area (Å²) in [6.45, 7) is 2.53. The van der Waals surface area contributed by atoms with Crippen LogP contribution in [-0.2, 0) is 9.59 Å². The van der Waals surface area contributed by atoms with Gasteiger partial charge in [-0.3, -0.25) is 9.59 Å². The number of amides is 2. The van der Waals surface area contributed by atoms with Crippen molar-refractivity contribution in [1.29, 1.82) is 0 Å². The number of nitrogens with zero attached hydrogens (tertiary/aromatic N) is 2. The van der Waals surface area contributed by atoms with Crippen LogP contribution in [0.25, 0.3) is 0 Å². The Morgan fingerprint density at radius 2 is 2.11 bits per heavy atom. The molecule has 1 saturated carbocycles. The average molecular weight is 270 g/mol. The molecule has 0 bridgehead atoms. The lowest BCUT2D eigenvalue weighted by molar-refractivity contribution is -0.136. The van der Waals surface area contributed by atoms with Crippen LogP contribution in [0.1, 0.15) is 26.2 Å². The first-order chi connectivity index (χ1) is 9.10. The summed E-state index contributed by atoms with van der Waals surface area (Å²) >= 11 is 0. The summed E-state index contributed by atoms with van der Waals surface area (Å²) in [6, 6.07) is -0.193. The lowest BCUT2D eigenvalue weighted by atomic mass is 10.1. The smallest absolute Gasteiger partial charge is 0.241 e. The van der Waals surface area contributed by atoms with Gasteiger partial charge in [-0.25, -0.2) is 0 Å². The van der Waals surface area contributed by atoms with E-state index in [9.17, 15) is 14.5 Å². The maximum absolute atomic E-state index is 12.2. The third kappa shape index (κ3) is 5.34. The fourth-order valence-electron chi connectivity index (χ4n) is 1.89. The van der Waals surface area contributed by atoms with Crippen molar-refractivity contribution in [2.24, 2.45) is 11.1 Å². The van der Waals surface area contributed by atoms with Gasteiger partial charge in [-0.05, 0) is 36.9 Å². The topological polar surface area (TPSA) is 90.9 Å². The molecule has 7 heteroatoms. The van der Waals surface area contributed by atoms with Crippen molar-refractivity contribution >= 4 is 11.8 Å². The molecule has 108 valence electrons. The third-order valence-corrected chi connectivity index (χ3v) is 3.07. The zero-order valence-electron chi connectivity index (χ0n) is 11.5. The molecular formula is C12H22N4O3. The number of nitrogens with one attached hydrogen (secondary N) is 2. The number of carbonyl (C=O) groups is 2. The van der Waals surface area contributed by atoms with Crippen LogP contribution < -0.4 is 10.6 Å². The van der Waals surface area contributed by atoms with Gasteiger partial charge in [-0.15, -0.1) is 4.91 Å². The highest BCUT2D eigenvalue weighted by molar-refractivity contribution is 5.87. The quantitative estimate of drug-likeness (QED) is 0.580. The van der Waals surface area contributed by atoms with Gasteiger partial charge in [0.15, 0.2) is 6.67 Å². The summed E-state index contributed by atoms with van der Waals surface area (Å²) in [5.74, 6) is -0.0492. The molecule has 0 saturated heterocycles. The molecule has 0 aromatic rings. The number of hydrogen-bond donors (Lipinski definition) is 2. The second-order valence-electron chi connectivity index (χ2n) is 4.85. The molecule has 1 aliphatic rings. The Labute approximate surface area is 113 Å². The van der Waals surface area contributed by atoms with Crippen molar-refractivity contribution in [3.63, 3.8) is 0 Å². The Balaban J connectivity index is 2.43. The lowest BCUT2D eigenvalue weighted by Gasteiger charge is -2.24. The molecule has 19 heavy (non-hydrogen) atoms. The van der Waals surface area contributed by atoms with E-state index < -0.39 is 0 Å². The average Bonchev–Trinajstić information content (AvgIpc) is 3.21. The van der Waals surface area contributed by atoms with E-state index in [1.807, 2.05) is 6.92 Å². The fraction of sp³-hybridized carbons (Fsp3) is 0.833. The highest BCUT2D eigenvalue weighted by Crippen LogP contribution is 2.33. The molecule has 7 nitrogen and oxygen atoms in total. The van der Waals surface area contributed by atoms with E-state index in [1.165, 1.54) is 4.90 Å². The molecule has 0 heterocycles. The van der Waals surface area contributed by atoms with E-state index in [4.69, 9.17) is 0 Å². The second kappa shape index (κ2) is 7.83. The van der Waals surface area contributed by atoms with Gasteiger partial charge in [-0.2, -0.15) is 0 Å². The van der Waals surface area contributed by atoms with Crippen molar-refractivity contribution in [3.8, 4) is 0 Å². The number of hydrogen-bond acceptors (Lipinski definition) is 5. The zero-order valence-corrected chi connectivity index (χ0v) is 11.5. The van der Waals surface area contributed by atoms with Crippen LogP contribution in [0.15, 0.2) is 5.18 Å². The number of rotatable bonds is 9. The molecule has 0 radical (unpaired) electrons. The van der Waals surface area contributed by atoms with E-state index in [1.54, 1.807) is 7.05 Å². The molecule has 2 N–H and O–H groups in total. The van der Waals surface area contributed by atoms with Crippen LogP contribution >= 0.6 is 0 Å². The highest BCUT2D eigenvalue weighted by atomic mass is 16.3. The lowest BCUT2D eigenvalue weighted by Crippen LogP contribution is -2.49. The first-order valence-corrected chi connectivity index (χ1v) is 6.64. The third-order valence-electron chi connectivity index (χ3n) is 3.07. The van der Waals surface area contributed by atoms with E-state index in [2.05, 4.69) is 15.8 Å². The molecule has 1 aliphatic carbocycles. The Bertz CT molecular complexity index is 331. The molecule has 1 atom stereocenters. The van der Waals surface area contributed by atoms with Crippen LogP contribution in [0.5, 0.6) is 0 Å². The first kappa shape index (κ1) is 15.6. The van der Waals surface area contributed by atoms with Crippen LogP contribution in [0.2, 0.25) is 0 Å². The number of nitroso groups, excluding NO2 is 1. The zero-order chi connectivity index (χ0) is 14.3. The summed E-state index contributed by atoms with van der Waals surface area (Å²) in [5, 5.41) is 8.09. The van der Waals surface area contributed by atoms with Crippen molar-refractivity contribution in [2.45, 2.75) is 32.2 Å². The molecule has 0 spiro atoms. The molecule has 0 aliphatic heterocycles. The maximum Gasteiger partial charge on any atom is 0.241 e. The summed E-state index contributed by atoms with van der Waals surface area (Å²) in [4.78, 5) is 34.9. The van der Waals surface area contributed by atoms with Crippen LogP contribution in [-0.4, -0.2) is 49.6 Å². The second-order valence-corrected chi connectivity index (χ2v) is 4.85. The van der Waals surface area contributed by atoms with E-state index in [0.717, 1.165) is 25.8 Å². The number of carbonyl (C=O) groups excluding carboxylic acids is 2. The monoisotopic (exact) mass is 270 g/mol. The molecule has 1 rings (SSSR count). The summed E-state index contributed by atoms with van der Waals surface area (Å²) < 4.78 is 0. The van der Waals surface area contributed by atoms with Gasteiger partial charge < -0.3 is 15.5 Å². The van der Waals surface area contributed by atoms with Gasteiger partial charge in [0.05, 0.1) is 12.6 Å². The Kier molecular flexibility index (Phi) is 6.41. The van der Waals surface area contributed by atoms with Crippen molar-refractivity contribution < 1.29 is 9.59 Å². The van der Waals surface area contributed by atoms with Gasteiger partial charge in [0.1, 0.15) is 0 Å². The standard InChI is InChI=1S/C12H22N4O3/c1-3-6-13-11(9-4-5-9)12(18)16(2)7-10(17)14-8-15-19/h9,11,13H,3-8H2,1-2H3,(H,14,17). The predicted molar refractivity (Wildman–Crippen MR) is 71.2 cm³/mol. The fourth-order valence-corrected chi connectivity index (χ4v) is 1.89. The Hall–Kier alpha value is -1.50. The molecule has 1 unspecified atom stereocenters. The SMILES string of the molecule is CCCNC(C(=O)N(C)CC(=O)NCN=O)C1CC1. The summed E-state index contributed by atoms with van der Waals surface area (Å²) in [6.07, 6.45) is 3.08. The minimum atomic E-state index is -0.375. The predicted octanol–water partition coefficient (Wildman–Crippen LogP) is 0.0631. The highest BCUT2D eigenvalue weighted by Gasteiger charge is 2.37. The molecular weight excluding hydrogens is 248 g/mol. The van der Waals surface area contributed by atoms with Crippen LogP contribution in [0, 0.1) is 10.8 Å². The minimum Gasteiger partial charge on any atom is -0.335 e. The normalized spacial score (nSPS) is 15.7. The first-order valence-electron chi connectivity index (χ1n) is 6.64. The molecule has 1 fully saturated rings. The van der Waals surface area contributed by atoms with Crippen molar-refractivity contribution in [2.75, 3.05) is 26.8 Å². The van der Waals surface area contributed by atoms with Gasteiger partial charge in [0, 0.05) is 7.05 Å². The van der Waals surface area contributed by atoms with E-state index in [0.29, 0.717) is 5.92 Å². The van der Waals surface area contributed by atoms with Gasteiger partial charge >= 0.3 is 0 Å². The Morgan fingerprint density at radius 1 is 1.42 bits per heavy atom. The minimum absolute atomic E-state index is 0.0502. The number of likely N-dealkylation sites (N-methyl/N-ethyl adjacent to an activating group) is 1.